The van der Waals surface area contributed by atoms with Gasteiger partial charge in [-0.3, -0.25) is 4.99 Å². The van der Waals surface area contributed by atoms with Gasteiger partial charge in [-0.2, -0.15) is 0 Å². The predicted molar refractivity (Wildman–Crippen MR) is 112 cm³/mol. The Hall–Kier alpha value is -2.25. The number of fused-ring (bicyclic) bond motifs is 2. The van der Waals surface area contributed by atoms with E-state index in [1.807, 2.05) is 31.7 Å². The Bertz CT molecular complexity index is 723. The molecule has 0 aromatic carbocycles. The van der Waals surface area contributed by atoms with E-state index < -0.39 is 5.60 Å². The van der Waals surface area contributed by atoms with Crippen molar-refractivity contribution in [1.82, 2.24) is 20.7 Å². The van der Waals surface area contributed by atoms with Crippen molar-refractivity contribution >= 4 is 12.1 Å². The minimum atomic E-state index is -0.465. The molecule has 1 aromatic heterocycles. The molecule has 2 saturated heterocycles. The number of rotatable bonds is 4. The van der Waals surface area contributed by atoms with Gasteiger partial charge in [0.15, 0.2) is 11.7 Å². The van der Waals surface area contributed by atoms with Gasteiger partial charge < -0.3 is 24.8 Å². The number of aliphatic imine (C=N–C) groups is 1. The summed E-state index contributed by atoms with van der Waals surface area (Å²) in [5.41, 5.74) is 0.490. The molecule has 3 heterocycles. The third-order valence-corrected chi connectivity index (χ3v) is 5.50. The standard InChI is InChI=1S/C21H35N5O3/c1-13(2)18-11-17(29-25-18)12-23-19(22-6)24-14-9-15-7-8-16(10-14)26(15)20(27)28-21(3,4)5/h11,13-16H,7-10,12H2,1-6H3,(H2,22,23,24). The lowest BCUT2D eigenvalue weighted by atomic mass is 9.98. The number of ether oxygens (including phenoxy) is 1. The second kappa shape index (κ2) is 8.63. The zero-order valence-corrected chi connectivity index (χ0v) is 18.5. The molecule has 8 heteroatoms. The number of nitrogens with one attached hydrogen (secondary N) is 2. The second-order valence-electron chi connectivity index (χ2n) is 9.38. The van der Waals surface area contributed by atoms with Crippen molar-refractivity contribution in [3.8, 4) is 0 Å². The van der Waals surface area contributed by atoms with Gasteiger partial charge in [0, 0.05) is 31.2 Å². The molecule has 1 amide bonds. The molecule has 0 radical (unpaired) electrons. The molecule has 0 saturated carbocycles. The molecular weight excluding hydrogens is 370 g/mol. The summed E-state index contributed by atoms with van der Waals surface area (Å²) in [5, 5.41) is 10.9. The molecule has 2 aliphatic rings. The van der Waals surface area contributed by atoms with Crippen LogP contribution in [-0.2, 0) is 11.3 Å². The summed E-state index contributed by atoms with van der Waals surface area (Å²) in [6, 6.07) is 2.70. The molecule has 3 rings (SSSR count). The van der Waals surface area contributed by atoms with Crippen molar-refractivity contribution < 1.29 is 14.1 Å². The van der Waals surface area contributed by atoms with E-state index in [0.29, 0.717) is 12.5 Å². The maximum absolute atomic E-state index is 12.6. The predicted octanol–water partition coefficient (Wildman–Crippen LogP) is 3.39. The van der Waals surface area contributed by atoms with Crippen LogP contribution in [0.1, 0.15) is 77.7 Å². The Kier molecular flexibility index (Phi) is 6.39. The van der Waals surface area contributed by atoms with Crippen LogP contribution in [0.4, 0.5) is 4.79 Å². The number of piperidine rings is 1. The van der Waals surface area contributed by atoms with Crippen LogP contribution in [0, 0.1) is 0 Å². The number of aromatic nitrogens is 1. The largest absolute Gasteiger partial charge is 0.444 e. The number of hydrogen-bond acceptors (Lipinski definition) is 5. The van der Waals surface area contributed by atoms with Gasteiger partial charge in [-0.25, -0.2) is 4.79 Å². The van der Waals surface area contributed by atoms with Crippen LogP contribution >= 0.6 is 0 Å². The number of guanidine groups is 1. The highest BCUT2D eigenvalue weighted by Crippen LogP contribution is 2.36. The maximum atomic E-state index is 12.6. The highest BCUT2D eigenvalue weighted by atomic mass is 16.6. The van der Waals surface area contributed by atoms with E-state index in [4.69, 9.17) is 9.26 Å². The average molecular weight is 406 g/mol. The number of carbonyl (C=O) groups excluding carboxylic acids is 1. The van der Waals surface area contributed by atoms with Crippen LogP contribution in [0.5, 0.6) is 0 Å². The van der Waals surface area contributed by atoms with Crippen molar-refractivity contribution in [2.24, 2.45) is 4.99 Å². The fraction of sp³-hybridized carbons (Fsp3) is 0.762. The minimum Gasteiger partial charge on any atom is -0.444 e. The first-order valence-electron chi connectivity index (χ1n) is 10.6. The summed E-state index contributed by atoms with van der Waals surface area (Å²) < 4.78 is 11.0. The maximum Gasteiger partial charge on any atom is 0.410 e. The summed E-state index contributed by atoms with van der Waals surface area (Å²) in [5.74, 6) is 1.87. The van der Waals surface area contributed by atoms with Crippen LogP contribution in [0.2, 0.25) is 0 Å². The van der Waals surface area contributed by atoms with Crippen molar-refractivity contribution in [3.05, 3.63) is 17.5 Å². The first-order valence-corrected chi connectivity index (χ1v) is 10.6. The van der Waals surface area contributed by atoms with Crippen LogP contribution in [0.25, 0.3) is 0 Å². The summed E-state index contributed by atoms with van der Waals surface area (Å²) >= 11 is 0. The lowest BCUT2D eigenvalue weighted by Crippen LogP contribution is -2.54. The van der Waals surface area contributed by atoms with E-state index in [9.17, 15) is 4.79 Å². The topological polar surface area (TPSA) is 92.0 Å². The van der Waals surface area contributed by atoms with Gasteiger partial charge in [0.05, 0.1) is 12.2 Å². The van der Waals surface area contributed by atoms with Gasteiger partial charge in [0.25, 0.3) is 0 Å². The molecule has 2 fully saturated rings. The monoisotopic (exact) mass is 405 g/mol. The van der Waals surface area contributed by atoms with Gasteiger partial charge >= 0.3 is 6.09 Å². The van der Waals surface area contributed by atoms with Gasteiger partial charge in [-0.05, 0) is 52.4 Å². The smallest absolute Gasteiger partial charge is 0.410 e. The summed E-state index contributed by atoms with van der Waals surface area (Å²) in [6.07, 6.45) is 3.68. The van der Waals surface area contributed by atoms with Crippen molar-refractivity contribution in [3.63, 3.8) is 0 Å². The quantitative estimate of drug-likeness (QED) is 0.589. The van der Waals surface area contributed by atoms with Crippen molar-refractivity contribution in [2.75, 3.05) is 7.05 Å². The van der Waals surface area contributed by atoms with Crippen LogP contribution in [0.15, 0.2) is 15.6 Å². The van der Waals surface area contributed by atoms with Crippen molar-refractivity contribution in [1.29, 1.82) is 0 Å². The Balaban J connectivity index is 1.52. The Morgan fingerprint density at radius 1 is 1.34 bits per heavy atom. The average Bonchev–Trinajstić information content (AvgIpc) is 3.20. The normalized spacial score (nSPS) is 24.7. The molecule has 1 aromatic rings. The van der Waals surface area contributed by atoms with E-state index >= 15 is 0 Å². The first-order chi connectivity index (χ1) is 13.7. The van der Waals surface area contributed by atoms with E-state index in [0.717, 1.165) is 43.1 Å². The first kappa shape index (κ1) is 21.5. The van der Waals surface area contributed by atoms with E-state index in [1.165, 1.54) is 0 Å². The molecule has 2 N–H and O–H groups in total. The molecule has 2 atom stereocenters. The molecule has 0 aliphatic carbocycles. The fourth-order valence-corrected chi connectivity index (χ4v) is 4.15. The second-order valence-corrected chi connectivity index (χ2v) is 9.38. The molecule has 2 aliphatic heterocycles. The molecule has 8 nitrogen and oxygen atoms in total. The number of nitrogens with zero attached hydrogens (tertiary/aromatic N) is 3. The third kappa shape index (κ3) is 5.42. The number of carbonyl (C=O) groups is 1. The summed E-state index contributed by atoms with van der Waals surface area (Å²) in [4.78, 5) is 18.9. The fourth-order valence-electron chi connectivity index (χ4n) is 4.15. The summed E-state index contributed by atoms with van der Waals surface area (Å²) in [6.45, 7) is 10.4. The zero-order chi connectivity index (χ0) is 21.2. The molecule has 29 heavy (non-hydrogen) atoms. The van der Waals surface area contributed by atoms with Crippen LogP contribution in [-0.4, -0.2) is 52.9 Å². The van der Waals surface area contributed by atoms with E-state index in [1.54, 1.807) is 7.05 Å². The van der Waals surface area contributed by atoms with Gasteiger partial charge in [-0.1, -0.05) is 19.0 Å². The lowest BCUT2D eigenvalue weighted by molar-refractivity contribution is 0.00544. The van der Waals surface area contributed by atoms with Gasteiger partial charge in [-0.15, -0.1) is 0 Å². The number of hydrogen-bond donors (Lipinski definition) is 2. The Morgan fingerprint density at radius 3 is 2.52 bits per heavy atom. The highest BCUT2D eigenvalue weighted by Gasteiger charge is 2.45. The molecule has 2 unspecified atom stereocenters. The third-order valence-electron chi connectivity index (χ3n) is 5.50. The van der Waals surface area contributed by atoms with Crippen LogP contribution in [0.3, 0.4) is 0 Å². The highest BCUT2D eigenvalue weighted by molar-refractivity contribution is 5.80. The van der Waals surface area contributed by atoms with Crippen molar-refractivity contribution in [2.45, 2.75) is 96.5 Å². The van der Waals surface area contributed by atoms with Gasteiger partial charge in [0.1, 0.15) is 5.60 Å². The molecule has 0 spiro atoms. The zero-order valence-electron chi connectivity index (χ0n) is 18.5. The van der Waals surface area contributed by atoms with Gasteiger partial charge in [0.2, 0.25) is 0 Å². The Labute approximate surface area is 173 Å². The molecule has 162 valence electrons. The molecule has 2 bridgehead atoms. The van der Waals surface area contributed by atoms with Crippen LogP contribution < -0.4 is 10.6 Å². The molecular formula is C21H35N5O3. The van der Waals surface area contributed by atoms with E-state index in [-0.39, 0.29) is 24.2 Å². The SMILES string of the molecule is CN=C(NCc1cc(C(C)C)no1)NC1CC2CCC(C1)N2C(=O)OC(C)(C)C. The lowest BCUT2D eigenvalue weighted by Gasteiger charge is -2.40. The Morgan fingerprint density at radius 2 is 2.00 bits per heavy atom. The van der Waals surface area contributed by atoms with E-state index in [2.05, 4.69) is 34.6 Å². The number of amides is 1. The summed E-state index contributed by atoms with van der Waals surface area (Å²) in [7, 11) is 1.76. The minimum absolute atomic E-state index is 0.183.